The molecule has 0 bridgehead atoms. The summed E-state index contributed by atoms with van der Waals surface area (Å²) < 4.78 is 12.2. The molecular formula is C24H38O3S. The van der Waals surface area contributed by atoms with Crippen molar-refractivity contribution in [2.75, 3.05) is 7.11 Å². The highest BCUT2D eigenvalue weighted by Gasteiger charge is 2.63. The lowest BCUT2D eigenvalue weighted by Crippen LogP contribution is -2.56. The van der Waals surface area contributed by atoms with Crippen LogP contribution >= 0.6 is 12.6 Å². The maximum Gasteiger partial charge on any atom is 0.305 e. The van der Waals surface area contributed by atoms with Gasteiger partial charge in [-0.15, -0.1) is 0 Å². The first kappa shape index (κ1) is 20.8. The number of hydrogen-bond acceptors (Lipinski definition) is 4. The summed E-state index contributed by atoms with van der Waals surface area (Å²) in [7, 11) is 1.89. The average Bonchev–Trinajstić information content (AvgIpc) is 2.92. The molecule has 0 N–H and O–H groups in total. The fourth-order valence-corrected chi connectivity index (χ4v) is 8.00. The third-order valence-electron chi connectivity index (χ3n) is 9.17. The number of fused-ring (bicyclic) bond motifs is 5. The lowest BCUT2D eigenvalue weighted by atomic mass is 9.46. The maximum atomic E-state index is 12.1. The molecule has 4 rings (SSSR count). The van der Waals surface area contributed by atoms with Gasteiger partial charge >= 0.3 is 5.97 Å². The van der Waals surface area contributed by atoms with Crippen LogP contribution in [0.5, 0.6) is 0 Å². The van der Waals surface area contributed by atoms with E-state index in [1.807, 2.05) is 14.0 Å². The van der Waals surface area contributed by atoms with Gasteiger partial charge < -0.3 is 9.47 Å². The molecule has 0 aromatic carbocycles. The van der Waals surface area contributed by atoms with Gasteiger partial charge in [0.25, 0.3) is 0 Å². The number of hydrogen-bond donors (Lipinski definition) is 1. The highest BCUT2D eigenvalue weighted by Crippen LogP contribution is 2.67. The zero-order chi connectivity index (χ0) is 20.3. The molecule has 4 aliphatic rings. The SMILES string of the molecule is CCC(=O)OC1[C@H](C)CC2C3C(CC[C@@]21C)[C@@]1(C)CC[C@H](S)C=C1C[C@@H]3OC. The summed E-state index contributed by atoms with van der Waals surface area (Å²) >= 11 is 4.76. The second-order valence-corrected chi connectivity index (χ2v) is 11.2. The fourth-order valence-electron chi connectivity index (χ4n) is 7.69. The third-order valence-corrected chi connectivity index (χ3v) is 9.58. The molecule has 0 radical (unpaired) electrons. The first-order valence-corrected chi connectivity index (χ1v) is 11.9. The molecule has 0 spiro atoms. The van der Waals surface area contributed by atoms with E-state index in [2.05, 4.69) is 26.8 Å². The van der Waals surface area contributed by atoms with E-state index in [0.717, 1.165) is 19.3 Å². The number of rotatable bonds is 3. The van der Waals surface area contributed by atoms with Crippen molar-refractivity contribution in [3.63, 3.8) is 0 Å². The normalized spacial score (nSPS) is 50.2. The van der Waals surface area contributed by atoms with E-state index in [9.17, 15) is 4.79 Å². The number of thiol groups is 1. The summed E-state index contributed by atoms with van der Waals surface area (Å²) in [6.45, 7) is 9.09. The quantitative estimate of drug-likeness (QED) is 0.385. The smallest absolute Gasteiger partial charge is 0.305 e. The Labute approximate surface area is 176 Å². The first-order valence-electron chi connectivity index (χ1n) is 11.4. The Morgan fingerprint density at radius 3 is 2.68 bits per heavy atom. The summed E-state index contributed by atoms with van der Waals surface area (Å²) in [5.74, 6) is 2.20. The monoisotopic (exact) mass is 406 g/mol. The van der Waals surface area contributed by atoms with Crippen molar-refractivity contribution in [1.82, 2.24) is 0 Å². The largest absolute Gasteiger partial charge is 0.461 e. The molecule has 28 heavy (non-hydrogen) atoms. The van der Waals surface area contributed by atoms with Crippen LogP contribution in [0, 0.1) is 34.5 Å². The molecule has 4 heteroatoms. The molecule has 0 saturated heterocycles. The Morgan fingerprint density at radius 1 is 1.25 bits per heavy atom. The molecule has 0 heterocycles. The van der Waals surface area contributed by atoms with Crippen LogP contribution < -0.4 is 0 Å². The van der Waals surface area contributed by atoms with Gasteiger partial charge in [-0.05, 0) is 67.6 Å². The van der Waals surface area contributed by atoms with Gasteiger partial charge in [0, 0.05) is 24.2 Å². The summed E-state index contributed by atoms with van der Waals surface area (Å²) in [6, 6.07) is 0. The Hall–Kier alpha value is -0.480. The maximum absolute atomic E-state index is 12.1. The number of carbonyl (C=O) groups is 1. The van der Waals surface area contributed by atoms with Crippen LogP contribution in [-0.2, 0) is 14.3 Å². The number of carbonyl (C=O) groups excluding carboxylic acids is 1. The molecule has 3 saturated carbocycles. The molecule has 4 unspecified atom stereocenters. The van der Waals surface area contributed by atoms with E-state index in [-0.39, 0.29) is 23.6 Å². The van der Waals surface area contributed by atoms with Gasteiger partial charge in [-0.3, -0.25) is 4.79 Å². The highest BCUT2D eigenvalue weighted by atomic mass is 32.1. The van der Waals surface area contributed by atoms with E-state index in [4.69, 9.17) is 22.1 Å². The van der Waals surface area contributed by atoms with Crippen molar-refractivity contribution in [3.05, 3.63) is 11.6 Å². The molecule has 0 amide bonds. The second kappa shape index (κ2) is 7.34. The van der Waals surface area contributed by atoms with Crippen LogP contribution in [0.1, 0.15) is 72.6 Å². The van der Waals surface area contributed by atoms with Crippen LogP contribution in [0.2, 0.25) is 0 Å². The minimum atomic E-state index is -0.0444. The van der Waals surface area contributed by atoms with E-state index in [1.54, 1.807) is 5.57 Å². The van der Waals surface area contributed by atoms with Crippen LogP contribution in [0.25, 0.3) is 0 Å². The molecule has 0 aromatic heterocycles. The van der Waals surface area contributed by atoms with Gasteiger partial charge in [-0.2, -0.15) is 12.6 Å². The van der Waals surface area contributed by atoms with E-state index < -0.39 is 0 Å². The topological polar surface area (TPSA) is 35.5 Å². The van der Waals surface area contributed by atoms with Gasteiger partial charge in [0.1, 0.15) is 6.10 Å². The molecular weight excluding hydrogens is 368 g/mol. The zero-order valence-corrected chi connectivity index (χ0v) is 19.1. The summed E-state index contributed by atoms with van der Waals surface area (Å²) in [5.41, 5.74) is 1.97. The summed E-state index contributed by atoms with van der Waals surface area (Å²) in [5, 5.41) is 0.398. The van der Waals surface area contributed by atoms with Crippen molar-refractivity contribution in [3.8, 4) is 0 Å². The van der Waals surface area contributed by atoms with Crippen molar-refractivity contribution in [1.29, 1.82) is 0 Å². The van der Waals surface area contributed by atoms with E-state index in [1.165, 1.54) is 19.3 Å². The molecule has 0 aliphatic heterocycles. The Morgan fingerprint density at radius 2 is 2.00 bits per heavy atom. The Bertz CT molecular complexity index is 660. The minimum absolute atomic E-state index is 0.0444. The van der Waals surface area contributed by atoms with Crippen molar-refractivity contribution < 1.29 is 14.3 Å². The zero-order valence-electron chi connectivity index (χ0n) is 18.2. The van der Waals surface area contributed by atoms with E-state index >= 15 is 0 Å². The number of methoxy groups -OCH3 is 1. The first-order chi connectivity index (χ1) is 13.2. The molecule has 3 nitrogen and oxygen atoms in total. The summed E-state index contributed by atoms with van der Waals surface area (Å²) in [4.78, 5) is 12.1. The minimum Gasteiger partial charge on any atom is -0.461 e. The van der Waals surface area contributed by atoms with Gasteiger partial charge in [0.2, 0.25) is 0 Å². The molecule has 158 valence electrons. The molecule has 9 atom stereocenters. The van der Waals surface area contributed by atoms with E-state index in [0.29, 0.717) is 40.8 Å². The molecule has 0 aromatic rings. The lowest BCUT2D eigenvalue weighted by molar-refractivity contribution is -0.167. The Kier molecular flexibility index (Phi) is 5.44. The van der Waals surface area contributed by atoms with Crippen molar-refractivity contribution >= 4 is 18.6 Å². The molecule has 4 aliphatic carbocycles. The van der Waals surface area contributed by atoms with Gasteiger partial charge in [-0.25, -0.2) is 0 Å². The summed E-state index contributed by atoms with van der Waals surface area (Å²) in [6.07, 6.45) is 10.2. The van der Waals surface area contributed by atoms with Crippen molar-refractivity contribution in [2.24, 2.45) is 34.5 Å². The fraction of sp³-hybridized carbons (Fsp3) is 0.875. The third kappa shape index (κ3) is 3.00. The van der Waals surface area contributed by atoms with Crippen LogP contribution in [0.3, 0.4) is 0 Å². The van der Waals surface area contributed by atoms with Crippen molar-refractivity contribution in [2.45, 2.75) is 90.1 Å². The highest BCUT2D eigenvalue weighted by molar-refractivity contribution is 7.81. The van der Waals surface area contributed by atoms with Crippen LogP contribution in [-0.4, -0.2) is 30.5 Å². The molecule has 3 fully saturated rings. The standard InChI is InChI=1S/C24H38O3S/c1-6-20(25)27-22-14(2)11-18-21-17(8-10-24(18,22)4)23(3)9-7-16(28)12-15(23)13-19(21)26-5/h12,14,16-19,21-22,28H,6-11,13H2,1-5H3/t14-,16+,17?,18?,19+,21?,22?,23+,24+/m1/s1. The van der Waals surface area contributed by atoms with Gasteiger partial charge in [0.15, 0.2) is 0 Å². The average molecular weight is 407 g/mol. The Balaban J connectivity index is 1.69. The second-order valence-electron chi connectivity index (χ2n) is 10.5. The van der Waals surface area contributed by atoms with Crippen LogP contribution in [0.4, 0.5) is 0 Å². The van der Waals surface area contributed by atoms with Crippen LogP contribution in [0.15, 0.2) is 11.6 Å². The number of ether oxygens (including phenoxy) is 2. The predicted molar refractivity (Wildman–Crippen MR) is 115 cm³/mol. The van der Waals surface area contributed by atoms with Gasteiger partial charge in [0.05, 0.1) is 6.10 Å². The number of esters is 1. The predicted octanol–water partition coefficient (Wildman–Crippen LogP) is 5.44. The lowest BCUT2D eigenvalue weighted by Gasteiger charge is -2.60. The van der Waals surface area contributed by atoms with Gasteiger partial charge in [-0.1, -0.05) is 39.3 Å².